The van der Waals surface area contributed by atoms with E-state index >= 15 is 0 Å². The molecule has 5 nitrogen and oxygen atoms in total. The first-order chi connectivity index (χ1) is 9.61. The zero-order valence-corrected chi connectivity index (χ0v) is 12.5. The number of anilines is 1. The van der Waals surface area contributed by atoms with Gasteiger partial charge in [0.15, 0.2) is 5.13 Å². The van der Waals surface area contributed by atoms with Gasteiger partial charge in [0.1, 0.15) is 4.88 Å². The number of hydrogen-bond donors (Lipinski definition) is 2. The fourth-order valence-corrected chi connectivity index (χ4v) is 3.51. The Morgan fingerprint density at radius 2 is 2.05 bits per heavy atom. The maximum Gasteiger partial charge on any atom is 0.347 e. The van der Waals surface area contributed by atoms with Crippen LogP contribution in [-0.4, -0.2) is 22.0 Å². The van der Waals surface area contributed by atoms with E-state index in [0.717, 1.165) is 43.4 Å². The normalized spacial score (nSPS) is 16.1. The molecule has 1 aliphatic carbocycles. The van der Waals surface area contributed by atoms with Crippen molar-refractivity contribution in [2.45, 2.75) is 57.8 Å². The van der Waals surface area contributed by atoms with Gasteiger partial charge in [-0.05, 0) is 19.3 Å². The maximum absolute atomic E-state index is 11.6. The summed E-state index contributed by atoms with van der Waals surface area (Å²) in [6, 6.07) is 0. The molecule has 1 amide bonds. The molecule has 1 aliphatic rings. The van der Waals surface area contributed by atoms with E-state index in [0.29, 0.717) is 17.2 Å². The number of aromatic nitrogens is 1. The van der Waals surface area contributed by atoms with Crippen molar-refractivity contribution >= 4 is 28.3 Å². The number of thiazole rings is 1. The van der Waals surface area contributed by atoms with E-state index in [1.165, 1.54) is 6.42 Å². The van der Waals surface area contributed by atoms with Crippen LogP contribution in [-0.2, 0) is 4.79 Å². The predicted octanol–water partition coefficient (Wildman–Crippen LogP) is 3.63. The smallest absolute Gasteiger partial charge is 0.347 e. The van der Waals surface area contributed by atoms with Crippen LogP contribution in [0.3, 0.4) is 0 Å². The number of nitrogens with zero attached hydrogens (tertiary/aromatic N) is 1. The molecule has 110 valence electrons. The summed E-state index contributed by atoms with van der Waals surface area (Å²) in [5.74, 6) is -0.824. The Morgan fingerprint density at radius 1 is 1.35 bits per heavy atom. The number of rotatable bonds is 5. The molecule has 0 radical (unpaired) electrons. The highest BCUT2D eigenvalue weighted by molar-refractivity contribution is 7.17. The topological polar surface area (TPSA) is 79.3 Å². The summed E-state index contributed by atoms with van der Waals surface area (Å²) in [4.78, 5) is 27.6. The number of carbonyl (C=O) groups is 2. The lowest BCUT2D eigenvalue weighted by Crippen LogP contribution is -2.11. The van der Waals surface area contributed by atoms with Gasteiger partial charge >= 0.3 is 5.97 Å². The molecule has 0 aliphatic heterocycles. The molecule has 1 saturated carbocycles. The summed E-state index contributed by atoms with van der Waals surface area (Å²) in [5.41, 5.74) is 0.661. The number of amides is 1. The molecule has 0 bridgehead atoms. The summed E-state index contributed by atoms with van der Waals surface area (Å²) in [7, 11) is 0. The SMILES string of the molecule is CCCC(=O)Nc1nc(C2CCCCC2)c(C(=O)O)s1. The first-order valence-corrected chi connectivity index (χ1v) is 7.97. The quantitative estimate of drug-likeness (QED) is 0.869. The Bertz CT molecular complexity index is 493. The third-order valence-electron chi connectivity index (χ3n) is 3.56. The van der Waals surface area contributed by atoms with Crippen LogP contribution in [0.5, 0.6) is 0 Å². The average Bonchev–Trinajstić information content (AvgIpc) is 2.84. The number of hydrogen-bond acceptors (Lipinski definition) is 4. The third-order valence-corrected chi connectivity index (χ3v) is 4.54. The summed E-state index contributed by atoms with van der Waals surface area (Å²) >= 11 is 1.07. The van der Waals surface area contributed by atoms with Crippen molar-refractivity contribution in [3.8, 4) is 0 Å². The summed E-state index contributed by atoms with van der Waals surface area (Å²) in [6.45, 7) is 1.93. The number of carboxylic acids is 1. The predicted molar refractivity (Wildman–Crippen MR) is 78.4 cm³/mol. The molecule has 0 spiro atoms. The van der Waals surface area contributed by atoms with Crippen molar-refractivity contribution in [2.75, 3.05) is 5.32 Å². The minimum atomic E-state index is -0.945. The molecule has 6 heteroatoms. The second-order valence-corrected chi connectivity index (χ2v) is 6.17. The molecule has 0 saturated heterocycles. The molecular weight excluding hydrogens is 276 g/mol. The largest absolute Gasteiger partial charge is 0.477 e. The third kappa shape index (κ3) is 3.56. The molecule has 20 heavy (non-hydrogen) atoms. The van der Waals surface area contributed by atoms with Gasteiger partial charge in [0.25, 0.3) is 0 Å². The van der Waals surface area contributed by atoms with E-state index in [1.807, 2.05) is 6.92 Å². The Kier molecular flexibility index (Phi) is 5.11. The Hall–Kier alpha value is -1.43. The van der Waals surface area contributed by atoms with Crippen molar-refractivity contribution in [3.05, 3.63) is 10.6 Å². The van der Waals surface area contributed by atoms with Crippen LogP contribution in [0.15, 0.2) is 0 Å². The highest BCUT2D eigenvalue weighted by Gasteiger charge is 2.26. The molecule has 0 unspecified atom stereocenters. The molecule has 0 atom stereocenters. The molecule has 1 fully saturated rings. The van der Waals surface area contributed by atoms with Gasteiger partial charge in [0.05, 0.1) is 5.69 Å². The lowest BCUT2D eigenvalue weighted by molar-refractivity contribution is -0.116. The number of carboxylic acid groups (broad SMARTS) is 1. The van der Waals surface area contributed by atoms with Crippen molar-refractivity contribution in [3.63, 3.8) is 0 Å². The minimum Gasteiger partial charge on any atom is -0.477 e. The van der Waals surface area contributed by atoms with Gasteiger partial charge < -0.3 is 10.4 Å². The minimum absolute atomic E-state index is 0.103. The second kappa shape index (κ2) is 6.83. The van der Waals surface area contributed by atoms with E-state index in [-0.39, 0.29) is 16.7 Å². The standard InChI is InChI=1S/C14H20N2O3S/c1-2-6-10(17)15-14-16-11(12(20-14)13(18)19)9-7-4-3-5-8-9/h9H,2-8H2,1H3,(H,18,19)(H,15,16,17). The van der Waals surface area contributed by atoms with Crippen LogP contribution < -0.4 is 5.32 Å². The van der Waals surface area contributed by atoms with E-state index in [4.69, 9.17) is 0 Å². The highest BCUT2D eigenvalue weighted by Crippen LogP contribution is 2.37. The van der Waals surface area contributed by atoms with E-state index < -0.39 is 5.97 Å². The molecule has 2 rings (SSSR count). The van der Waals surface area contributed by atoms with Crippen LogP contribution in [0, 0.1) is 0 Å². The van der Waals surface area contributed by atoms with E-state index in [2.05, 4.69) is 10.3 Å². The van der Waals surface area contributed by atoms with Gasteiger partial charge in [-0.15, -0.1) is 0 Å². The van der Waals surface area contributed by atoms with Gasteiger partial charge in [0, 0.05) is 12.3 Å². The van der Waals surface area contributed by atoms with Gasteiger partial charge in [-0.25, -0.2) is 9.78 Å². The fraction of sp³-hybridized carbons (Fsp3) is 0.643. The van der Waals surface area contributed by atoms with Crippen molar-refractivity contribution < 1.29 is 14.7 Å². The van der Waals surface area contributed by atoms with Gasteiger partial charge in [-0.3, -0.25) is 4.79 Å². The van der Waals surface area contributed by atoms with Crippen LogP contribution in [0.1, 0.15) is 73.2 Å². The summed E-state index contributed by atoms with van der Waals surface area (Å²) < 4.78 is 0. The average molecular weight is 296 g/mol. The Morgan fingerprint density at radius 3 is 2.65 bits per heavy atom. The zero-order chi connectivity index (χ0) is 14.5. The van der Waals surface area contributed by atoms with Crippen LogP contribution in [0.2, 0.25) is 0 Å². The van der Waals surface area contributed by atoms with Crippen molar-refractivity contribution in [1.82, 2.24) is 4.98 Å². The lowest BCUT2D eigenvalue weighted by atomic mass is 9.86. The second-order valence-electron chi connectivity index (χ2n) is 5.17. The van der Waals surface area contributed by atoms with Gasteiger partial charge in [-0.2, -0.15) is 0 Å². The first-order valence-electron chi connectivity index (χ1n) is 7.15. The molecule has 0 aromatic carbocycles. The van der Waals surface area contributed by atoms with E-state index in [1.54, 1.807) is 0 Å². The molecular formula is C14H20N2O3S. The van der Waals surface area contributed by atoms with Gasteiger partial charge in [0.2, 0.25) is 5.91 Å². The number of carbonyl (C=O) groups excluding carboxylic acids is 1. The zero-order valence-electron chi connectivity index (χ0n) is 11.6. The monoisotopic (exact) mass is 296 g/mol. The number of nitrogens with one attached hydrogen (secondary N) is 1. The highest BCUT2D eigenvalue weighted by atomic mass is 32.1. The van der Waals surface area contributed by atoms with Crippen LogP contribution in [0.4, 0.5) is 5.13 Å². The van der Waals surface area contributed by atoms with Gasteiger partial charge in [-0.1, -0.05) is 37.5 Å². The fourth-order valence-electron chi connectivity index (χ4n) is 2.60. The first kappa shape index (κ1) is 15.0. The van der Waals surface area contributed by atoms with Crippen molar-refractivity contribution in [1.29, 1.82) is 0 Å². The van der Waals surface area contributed by atoms with E-state index in [9.17, 15) is 14.7 Å². The molecule has 2 N–H and O–H groups in total. The maximum atomic E-state index is 11.6. The summed E-state index contributed by atoms with van der Waals surface area (Å²) in [5, 5.41) is 12.4. The van der Waals surface area contributed by atoms with Crippen LogP contribution in [0.25, 0.3) is 0 Å². The molecule has 1 heterocycles. The number of aromatic carboxylic acids is 1. The Balaban J connectivity index is 2.19. The lowest BCUT2D eigenvalue weighted by Gasteiger charge is -2.20. The molecule has 1 aromatic heterocycles. The summed E-state index contributed by atoms with van der Waals surface area (Å²) in [6.07, 6.45) is 6.64. The Labute approximate surface area is 122 Å². The van der Waals surface area contributed by atoms with Crippen LogP contribution >= 0.6 is 11.3 Å². The molecule has 1 aromatic rings. The van der Waals surface area contributed by atoms with Crippen molar-refractivity contribution in [2.24, 2.45) is 0 Å².